The molecule has 0 bridgehead atoms. The Balaban J connectivity index is 2.09. The Kier molecular flexibility index (Phi) is 4.82. The van der Waals surface area contributed by atoms with Gasteiger partial charge in [0.05, 0.1) is 13.2 Å². The first kappa shape index (κ1) is 12.7. The molecule has 15 heavy (non-hydrogen) atoms. The van der Waals surface area contributed by atoms with Crippen LogP contribution >= 0.6 is 0 Å². The molecular formula is C9H16F3NO2. The summed E-state index contributed by atoms with van der Waals surface area (Å²) >= 11 is 0. The third-order valence-corrected chi connectivity index (χ3v) is 2.50. The van der Waals surface area contributed by atoms with E-state index in [4.69, 9.17) is 5.11 Å². The molecule has 0 saturated carbocycles. The number of nitrogens with zero attached hydrogens (tertiary/aromatic N) is 1. The largest absolute Gasteiger partial charge is 0.411 e. The molecule has 6 heteroatoms. The van der Waals surface area contributed by atoms with Crippen LogP contribution in [0.2, 0.25) is 0 Å². The molecule has 1 saturated heterocycles. The summed E-state index contributed by atoms with van der Waals surface area (Å²) in [5.41, 5.74) is 0. The highest BCUT2D eigenvalue weighted by Crippen LogP contribution is 2.17. The molecule has 0 unspecified atom stereocenters. The molecule has 0 amide bonds. The van der Waals surface area contributed by atoms with Crippen LogP contribution in [0.25, 0.3) is 0 Å². The number of hydrogen-bond acceptors (Lipinski definition) is 3. The summed E-state index contributed by atoms with van der Waals surface area (Å²) in [6, 6.07) is 0.0967. The normalized spacial score (nSPS) is 23.6. The molecular weight excluding hydrogens is 211 g/mol. The highest BCUT2D eigenvalue weighted by atomic mass is 19.4. The van der Waals surface area contributed by atoms with Crippen molar-refractivity contribution in [2.75, 3.05) is 32.9 Å². The zero-order valence-electron chi connectivity index (χ0n) is 8.46. The second kappa shape index (κ2) is 5.67. The van der Waals surface area contributed by atoms with E-state index in [0.29, 0.717) is 6.54 Å². The van der Waals surface area contributed by atoms with E-state index in [0.717, 1.165) is 19.4 Å². The molecule has 0 radical (unpaired) electrons. The maximum atomic E-state index is 11.7. The number of hydrogen-bond donors (Lipinski definition) is 1. The lowest BCUT2D eigenvalue weighted by Crippen LogP contribution is -2.35. The second-order valence-corrected chi connectivity index (χ2v) is 3.68. The Morgan fingerprint density at radius 2 is 2.13 bits per heavy atom. The van der Waals surface area contributed by atoms with E-state index in [1.807, 2.05) is 4.90 Å². The average molecular weight is 227 g/mol. The van der Waals surface area contributed by atoms with Gasteiger partial charge in [-0.3, -0.25) is 4.90 Å². The quantitative estimate of drug-likeness (QED) is 0.712. The van der Waals surface area contributed by atoms with Crippen molar-refractivity contribution in [2.24, 2.45) is 0 Å². The van der Waals surface area contributed by atoms with Gasteiger partial charge in [0.15, 0.2) is 0 Å². The van der Waals surface area contributed by atoms with Crippen molar-refractivity contribution in [1.82, 2.24) is 4.90 Å². The van der Waals surface area contributed by atoms with Crippen molar-refractivity contribution in [1.29, 1.82) is 0 Å². The number of alkyl halides is 3. The summed E-state index contributed by atoms with van der Waals surface area (Å²) in [6.07, 6.45) is -2.35. The Labute approximate surface area is 86.8 Å². The summed E-state index contributed by atoms with van der Waals surface area (Å²) in [6.45, 7) is 0.238. The number of aliphatic hydroxyl groups is 1. The number of halogens is 3. The first-order chi connectivity index (χ1) is 7.03. The van der Waals surface area contributed by atoms with Crippen LogP contribution in [-0.4, -0.2) is 55.1 Å². The van der Waals surface area contributed by atoms with Crippen molar-refractivity contribution in [3.8, 4) is 0 Å². The SMILES string of the molecule is OC[C@@H]1CCCN1CCOCC(F)(F)F. The standard InChI is InChI=1S/C9H16F3NO2/c10-9(11,12)7-15-5-4-13-3-1-2-8(13)6-14/h8,14H,1-7H2/t8-/m0/s1. The van der Waals surface area contributed by atoms with Crippen LogP contribution in [0.3, 0.4) is 0 Å². The number of rotatable bonds is 5. The van der Waals surface area contributed by atoms with Crippen LogP contribution in [0, 0.1) is 0 Å². The van der Waals surface area contributed by atoms with Crippen molar-refractivity contribution < 1.29 is 23.0 Å². The van der Waals surface area contributed by atoms with Crippen molar-refractivity contribution in [3.63, 3.8) is 0 Å². The predicted octanol–water partition coefficient (Wildman–Crippen LogP) is 1.02. The lowest BCUT2D eigenvalue weighted by Gasteiger charge is -2.22. The van der Waals surface area contributed by atoms with Crippen LogP contribution in [0.1, 0.15) is 12.8 Å². The van der Waals surface area contributed by atoms with Gasteiger partial charge in [-0.25, -0.2) is 0 Å². The van der Waals surface area contributed by atoms with E-state index in [1.54, 1.807) is 0 Å². The molecule has 1 heterocycles. The molecule has 1 rings (SSSR count). The highest BCUT2D eigenvalue weighted by Gasteiger charge is 2.28. The van der Waals surface area contributed by atoms with E-state index in [9.17, 15) is 13.2 Å². The fourth-order valence-corrected chi connectivity index (χ4v) is 1.77. The Hall–Kier alpha value is -0.330. The summed E-state index contributed by atoms with van der Waals surface area (Å²) in [5.74, 6) is 0. The van der Waals surface area contributed by atoms with Gasteiger partial charge in [-0.05, 0) is 19.4 Å². The fraction of sp³-hybridized carbons (Fsp3) is 1.00. The molecule has 1 aliphatic rings. The van der Waals surface area contributed by atoms with Gasteiger partial charge < -0.3 is 9.84 Å². The molecule has 1 N–H and O–H groups in total. The molecule has 0 aromatic rings. The first-order valence-corrected chi connectivity index (χ1v) is 5.02. The maximum Gasteiger partial charge on any atom is 0.411 e. The number of ether oxygens (including phenoxy) is 1. The van der Waals surface area contributed by atoms with Crippen LogP contribution in [0.5, 0.6) is 0 Å². The van der Waals surface area contributed by atoms with Crippen molar-refractivity contribution in [3.05, 3.63) is 0 Å². The van der Waals surface area contributed by atoms with Gasteiger partial charge >= 0.3 is 6.18 Å². The minimum Gasteiger partial charge on any atom is -0.395 e. The van der Waals surface area contributed by atoms with Gasteiger partial charge in [-0.15, -0.1) is 0 Å². The summed E-state index contributed by atoms with van der Waals surface area (Å²) in [7, 11) is 0. The second-order valence-electron chi connectivity index (χ2n) is 3.68. The molecule has 0 aliphatic carbocycles. The molecule has 0 aromatic carbocycles. The van der Waals surface area contributed by atoms with E-state index < -0.39 is 12.8 Å². The average Bonchev–Trinajstić information content (AvgIpc) is 2.58. The first-order valence-electron chi connectivity index (χ1n) is 5.02. The van der Waals surface area contributed by atoms with Crippen LogP contribution < -0.4 is 0 Å². The number of aliphatic hydroxyl groups excluding tert-OH is 1. The van der Waals surface area contributed by atoms with E-state index >= 15 is 0 Å². The highest BCUT2D eigenvalue weighted by molar-refractivity contribution is 4.77. The van der Waals surface area contributed by atoms with Gasteiger partial charge in [-0.1, -0.05) is 0 Å². The van der Waals surface area contributed by atoms with Crippen LogP contribution in [0.15, 0.2) is 0 Å². The van der Waals surface area contributed by atoms with Gasteiger partial charge in [0.25, 0.3) is 0 Å². The Morgan fingerprint density at radius 3 is 2.73 bits per heavy atom. The third-order valence-electron chi connectivity index (χ3n) is 2.50. The topological polar surface area (TPSA) is 32.7 Å². The zero-order chi connectivity index (χ0) is 11.3. The molecule has 0 aromatic heterocycles. The van der Waals surface area contributed by atoms with Crippen LogP contribution in [-0.2, 0) is 4.74 Å². The minimum atomic E-state index is -4.25. The lowest BCUT2D eigenvalue weighted by atomic mass is 10.2. The predicted molar refractivity (Wildman–Crippen MR) is 48.6 cm³/mol. The lowest BCUT2D eigenvalue weighted by molar-refractivity contribution is -0.174. The van der Waals surface area contributed by atoms with Gasteiger partial charge in [0.2, 0.25) is 0 Å². The molecule has 1 aliphatic heterocycles. The molecule has 0 spiro atoms. The van der Waals surface area contributed by atoms with E-state index in [1.165, 1.54) is 0 Å². The summed E-state index contributed by atoms with van der Waals surface area (Å²) < 4.78 is 39.7. The van der Waals surface area contributed by atoms with E-state index in [-0.39, 0.29) is 19.3 Å². The van der Waals surface area contributed by atoms with Gasteiger partial charge in [0, 0.05) is 12.6 Å². The summed E-state index contributed by atoms with van der Waals surface area (Å²) in [5, 5.41) is 8.96. The Morgan fingerprint density at radius 1 is 1.40 bits per heavy atom. The fourth-order valence-electron chi connectivity index (χ4n) is 1.77. The molecule has 3 nitrogen and oxygen atoms in total. The number of likely N-dealkylation sites (tertiary alicyclic amines) is 1. The van der Waals surface area contributed by atoms with Crippen molar-refractivity contribution >= 4 is 0 Å². The smallest absolute Gasteiger partial charge is 0.395 e. The van der Waals surface area contributed by atoms with Crippen molar-refractivity contribution in [2.45, 2.75) is 25.1 Å². The minimum absolute atomic E-state index is 0.0655. The van der Waals surface area contributed by atoms with Gasteiger partial charge in [-0.2, -0.15) is 13.2 Å². The van der Waals surface area contributed by atoms with Gasteiger partial charge in [0.1, 0.15) is 6.61 Å². The summed E-state index contributed by atoms with van der Waals surface area (Å²) in [4.78, 5) is 1.97. The molecule has 90 valence electrons. The zero-order valence-corrected chi connectivity index (χ0v) is 8.46. The third kappa shape index (κ3) is 4.81. The molecule has 1 atom stereocenters. The molecule has 1 fully saturated rings. The van der Waals surface area contributed by atoms with E-state index in [2.05, 4.69) is 4.74 Å². The Bertz CT molecular complexity index is 187. The van der Waals surface area contributed by atoms with Crippen LogP contribution in [0.4, 0.5) is 13.2 Å². The maximum absolute atomic E-state index is 11.7. The monoisotopic (exact) mass is 227 g/mol.